The maximum atomic E-state index is 8.61. The normalized spacial score (nSPS) is 11.6. The topological polar surface area (TPSA) is 67.8 Å². The summed E-state index contributed by atoms with van der Waals surface area (Å²) in [5.74, 6) is 0.946. The number of rotatable bonds is 13. The molecule has 0 aliphatic carbocycles. The van der Waals surface area contributed by atoms with Crippen LogP contribution in [0.1, 0.15) is 76.7 Å². The largest absolute Gasteiger partial charge is 0.494 e. The predicted octanol–water partition coefficient (Wildman–Crippen LogP) is 5.08. The monoisotopic (exact) mass is 320 g/mol. The van der Waals surface area contributed by atoms with Crippen molar-refractivity contribution in [2.24, 2.45) is 10.9 Å². The lowest BCUT2D eigenvalue weighted by Crippen LogP contribution is -2.12. The molecule has 0 radical (unpaired) electrons. The molecule has 0 spiro atoms. The molecule has 23 heavy (non-hydrogen) atoms. The Morgan fingerprint density at radius 1 is 0.913 bits per heavy atom. The minimum atomic E-state index is 0.117. The van der Waals surface area contributed by atoms with Crippen LogP contribution in [0.15, 0.2) is 29.4 Å². The van der Waals surface area contributed by atoms with Gasteiger partial charge in [0, 0.05) is 5.56 Å². The zero-order chi connectivity index (χ0) is 16.8. The zero-order valence-corrected chi connectivity index (χ0v) is 14.5. The van der Waals surface area contributed by atoms with E-state index in [1.807, 2.05) is 12.1 Å². The SMILES string of the molecule is CCCCCCCCCCCCOc1ccc(/C(N)=N/O)cc1. The van der Waals surface area contributed by atoms with Crippen molar-refractivity contribution < 1.29 is 9.94 Å². The Morgan fingerprint density at radius 3 is 1.96 bits per heavy atom. The Morgan fingerprint density at radius 2 is 1.43 bits per heavy atom. The molecule has 4 heteroatoms. The molecule has 1 rings (SSSR count). The number of nitrogens with two attached hydrogens (primary N) is 1. The summed E-state index contributed by atoms with van der Waals surface area (Å²) in [6, 6.07) is 7.29. The number of unbranched alkanes of at least 4 members (excludes halogenated alkanes) is 9. The summed E-state index contributed by atoms with van der Waals surface area (Å²) >= 11 is 0. The number of benzene rings is 1. The summed E-state index contributed by atoms with van der Waals surface area (Å²) in [4.78, 5) is 0. The van der Waals surface area contributed by atoms with Crippen molar-refractivity contribution in [1.82, 2.24) is 0 Å². The minimum absolute atomic E-state index is 0.117. The quantitative estimate of drug-likeness (QED) is 0.175. The smallest absolute Gasteiger partial charge is 0.170 e. The van der Waals surface area contributed by atoms with Gasteiger partial charge in [-0.2, -0.15) is 0 Å². The predicted molar refractivity (Wildman–Crippen MR) is 96.3 cm³/mol. The molecule has 0 saturated carbocycles. The van der Waals surface area contributed by atoms with Gasteiger partial charge in [-0.3, -0.25) is 0 Å². The Balaban J connectivity index is 1.99. The first-order valence-corrected chi connectivity index (χ1v) is 8.98. The molecule has 3 N–H and O–H groups in total. The van der Waals surface area contributed by atoms with E-state index in [0.29, 0.717) is 5.56 Å². The molecule has 0 unspecified atom stereocenters. The van der Waals surface area contributed by atoms with Crippen molar-refractivity contribution in [3.8, 4) is 5.75 Å². The first kappa shape index (κ1) is 19.3. The van der Waals surface area contributed by atoms with Crippen molar-refractivity contribution in [1.29, 1.82) is 0 Å². The van der Waals surface area contributed by atoms with E-state index < -0.39 is 0 Å². The van der Waals surface area contributed by atoms with Crippen LogP contribution in [0, 0.1) is 0 Å². The maximum absolute atomic E-state index is 8.61. The van der Waals surface area contributed by atoms with E-state index in [0.717, 1.165) is 18.8 Å². The van der Waals surface area contributed by atoms with Crippen LogP contribution in [0.3, 0.4) is 0 Å². The van der Waals surface area contributed by atoms with E-state index in [1.165, 1.54) is 57.8 Å². The highest BCUT2D eigenvalue weighted by molar-refractivity contribution is 5.97. The third-order valence-corrected chi connectivity index (χ3v) is 4.02. The molecule has 0 amide bonds. The summed E-state index contributed by atoms with van der Waals surface area (Å²) in [6.45, 7) is 3.01. The van der Waals surface area contributed by atoms with E-state index in [1.54, 1.807) is 12.1 Å². The molecule has 0 atom stereocenters. The van der Waals surface area contributed by atoms with Gasteiger partial charge in [0.2, 0.25) is 0 Å². The van der Waals surface area contributed by atoms with Crippen LogP contribution in [0.2, 0.25) is 0 Å². The van der Waals surface area contributed by atoms with Crippen molar-refractivity contribution in [3.63, 3.8) is 0 Å². The van der Waals surface area contributed by atoms with Crippen LogP contribution in [0.5, 0.6) is 5.75 Å². The molecule has 1 aromatic carbocycles. The van der Waals surface area contributed by atoms with E-state index >= 15 is 0 Å². The first-order valence-electron chi connectivity index (χ1n) is 8.98. The van der Waals surface area contributed by atoms with Crippen molar-refractivity contribution in [2.45, 2.75) is 71.1 Å². The molecule has 0 bridgehead atoms. The lowest BCUT2D eigenvalue weighted by atomic mass is 10.1. The Hall–Kier alpha value is -1.71. The summed E-state index contributed by atoms with van der Waals surface area (Å²) < 4.78 is 5.70. The van der Waals surface area contributed by atoms with Crippen molar-refractivity contribution >= 4 is 5.84 Å². The minimum Gasteiger partial charge on any atom is -0.494 e. The van der Waals surface area contributed by atoms with Gasteiger partial charge in [0.05, 0.1) is 6.61 Å². The Bertz CT molecular complexity index is 430. The fourth-order valence-corrected chi connectivity index (χ4v) is 2.56. The van der Waals surface area contributed by atoms with Gasteiger partial charge in [-0.25, -0.2) is 0 Å². The molecular weight excluding hydrogens is 288 g/mol. The molecule has 0 heterocycles. The van der Waals surface area contributed by atoms with Crippen LogP contribution in [0.25, 0.3) is 0 Å². The Labute approximate surface area is 140 Å². The average Bonchev–Trinajstić information content (AvgIpc) is 2.59. The molecule has 0 aliphatic rings. The summed E-state index contributed by atoms with van der Waals surface area (Å²) in [5, 5.41) is 11.6. The standard InChI is InChI=1S/C19H32N2O2/c1-2-3-4-5-6-7-8-9-10-11-16-23-18-14-12-17(13-15-18)19(20)21-22/h12-15,22H,2-11,16H2,1H3,(H2,20,21). The molecule has 0 saturated heterocycles. The van der Waals surface area contributed by atoms with E-state index in [-0.39, 0.29) is 5.84 Å². The third kappa shape index (κ3) is 9.11. The second kappa shape index (κ2) is 12.8. The molecule has 4 nitrogen and oxygen atoms in total. The lowest BCUT2D eigenvalue weighted by Gasteiger charge is -2.07. The van der Waals surface area contributed by atoms with Gasteiger partial charge in [0.25, 0.3) is 0 Å². The lowest BCUT2D eigenvalue weighted by molar-refractivity contribution is 0.304. The van der Waals surface area contributed by atoms with Crippen LogP contribution < -0.4 is 10.5 Å². The third-order valence-electron chi connectivity index (χ3n) is 4.02. The van der Waals surface area contributed by atoms with Gasteiger partial charge in [-0.05, 0) is 30.7 Å². The number of amidine groups is 1. The molecule has 130 valence electrons. The number of ether oxygens (including phenoxy) is 1. The fraction of sp³-hybridized carbons (Fsp3) is 0.632. The van der Waals surface area contributed by atoms with Gasteiger partial charge in [-0.15, -0.1) is 0 Å². The average molecular weight is 320 g/mol. The summed E-state index contributed by atoms with van der Waals surface area (Å²) in [6.07, 6.45) is 13.3. The number of hydrogen-bond donors (Lipinski definition) is 2. The Kier molecular flexibility index (Phi) is 10.8. The summed E-state index contributed by atoms with van der Waals surface area (Å²) in [5.41, 5.74) is 6.21. The van der Waals surface area contributed by atoms with Gasteiger partial charge < -0.3 is 15.7 Å². The van der Waals surface area contributed by atoms with Crippen molar-refractivity contribution in [2.75, 3.05) is 6.61 Å². The second-order valence-corrected chi connectivity index (χ2v) is 6.04. The number of oxime groups is 1. The highest BCUT2D eigenvalue weighted by atomic mass is 16.5. The van der Waals surface area contributed by atoms with Crippen LogP contribution in [-0.2, 0) is 0 Å². The van der Waals surface area contributed by atoms with Gasteiger partial charge in [-0.1, -0.05) is 69.9 Å². The zero-order valence-electron chi connectivity index (χ0n) is 14.5. The highest BCUT2D eigenvalue weighted by Crippen LogP contribution is 2.14. The molecular formula is C19H32N2O2. The van der Waals surface area contributed by atoms with E-state index in [4.69, 9.17) is 15.7 Å². The fourth-order valence-electron chi connectivity index (χ4n) is 2.56. The van der Waals surface area contributed by atoms with Crippen molar-refractivity contribution in [3.05, 3.63) is 29.8 Å². The highest BCUT2D eigenvalue weighted by Gasteiger charge is 2.00. The molecule has 1 aromatic rings. The van der Waals surface area contributed by atoms with Crippen LogP contribution >= 0.6 is 0 Å². The summed E-state index contributed by atoms with van der Waals surface area (Å²) in [7, 11) is 0. The first-order chi connectivity index (χ1) is 11.3. The van der Waals surface area contributed by atoms with Gasteiger partial charge >= 0.3 is 0 Å². The number of nitrogens with zero attached hydrogens (tertiary/aromatic N) is 1. The number of hydrogen-bond acceptors (Lipinski definition) is 3. The van der Waals surface area contributed by atoms with E-state index in [2.05, 4.69) is 12.1 Å². The van der Waals surface area contributed by atoms with E-state index in [9.17, 15) is 0 Å². The maximum Gasteiger partial charge on any atom is 0.170 e. The van der Waals surface area contributed by atoms with Crippen LogP contribution in [-0.4, -0.2) is 17.6 Å². The molecule has 0 aliphatic heterocycles. The van der Waals surface area contributed by atoms with Crippen LogP contribution in [0.4, 0.5) is 0 Å². The second-order valence-electron chi connectivity index (χ2n) is 6.04. The van der Waals surface area contributed by atoms with Gasteiger partial charge in [0.1, 0.15) is 5.75 Å². The molecule has 0 fully saturated rings. The molecule has 0 aromatic heterocycles. The van der Waals surface area contributed by atoms with Gasteiger partial charge in [0.15, 0.2) is 5.84 Å².